The highest BCUT2D eigenvalue weighted by atomic mass is 16.3. The first-order valence-electron chi connectivity index (χ1n) is 6.24. The van der Waals surface area contributed by atoms with Gasteiger partial charge in [0, 0.05) is 12.6 Å². The van der Waals surface area contributed by atoms with Crippen LogP contribution in [-0.4, -0.2) is 37.0 Å². The van der Waals surface area contributed by atoms with E-state index in [1.54, 1.807) is 0 Å². The second kappa shape index (κ2) is 6.56. The number of furan rings is 1. The molecule has 5 heteroatoms. The first-order chi connectivity index (χ1) is 8.45. The molecule has 1 aromatic heterocycles. The van der Waals surface area contributed by atoms with Gasteiger partial charge in [-0.2, -0.15) is 0 Å². The molecule has 0 aliphatic carbocycles. The van der Waals surface area contributed by atoms with Crippen molar-refractivity contribution < 1.29 is 9.21 Å². The predicted molar refractivity (Wildman–Crippen MR) is 71.1 cm³/mol. The fourth-order valence-electron chi connectivity index (χ4n) is 2.07. The van der Waals surface area contributed by atoms with Gasteiger partial charge in [-0.05, 0) is 40.0 Å². The predicted octanol–water partition coefficient (Wildman–Crippen LogP) is 1.04. The Morgan fingerprint density at radius 3 is 2.67 bits per heavy atom. The Kier molecular flexibility index (Phi) is 5.37. The van der Waals surface area contributed by atoms with Crippen LogP contribution in [0, 0.1) is 6.92 Å². The molecule has 2 unspecified atom stereocenters. The minimum absolute atomic E-state index is 0.00562. The SMILES string of the molecule is CCNC(=O)CN(C)C(c1ccc(C)o1)C(C)N. The minimum atomic E-state index is -0.116. The number of likely N-dealkylation sites (N-methyl/N-ethyl adjacent to an activating group) is 2. The Labute approximate surface area is 108 Å². The van der Waals surface area contributed by atoms with E-state index in [2.05, 4.69) is 5.32 Å². The first kappa shape index (κ1) is 14.7. The molecular weight excluding hydrogens is 230 g/mol. The van der Waals surface area contributed by atoms with Gasteiger partial charge in [-0.25, -0.2) is 0 Å². The second-order valence-electron chi connectivity index (χ2n) is 4.62. The van der Waals surface area contributed by atoms with Crippen LogP contribution >= 0.6 is 0 Å². The molecule has 0 radical (unpaired) electrons. The summed E-state index contributed by atoms with van der Waals surface area (Å²) in [6.07, 6.45) is 0. The summed E-state index contributed by atoms with van der Waals surface area (Å²) in [6.45, 7) is 6.65. The highest BCUT2D eigenvalue weighted by Crippen LogP contribution is 2.23. The summed E-state index contributed by atoms with van der Waals surface area (Å²) < 4.78 is 5.62. The van der Waals surface area contributed by atoms with Gasteiger partial charge in [0.1, 0.15) is 11.5 Å². The Balaban J connectivity index is 2.76. The molecule has 0 aromatic carbocycles. The van der Waals surface area contributed by atoms with Crippen molar-refractivity contribution >= 4 is 5.91 Å². The molecule has 0 bridgehead atoms. The van der Waals surface area contributed by atoms with Crippen molar-refractivity contribution in [1.82, 2.24) is 10.2 Å². The van der Waals surface area contributed by atoms with E-state index in [0.717, 1.165) is 11.5 Å². The van der Waals surface area contributed by atoms with E-state index in [0.29, 0.717) is 13.1 Å². The fraction of sp³-hybridized carbons (Fsp3) is 0.615. The van der Waals surface area contributed by atoms with Crippen LogP contribution in [0.25, 0.3) is 0 Å². The third-order valence-electron chi connectivity index (χ3n) is 2.79. The largest absolute Gasteiger partial charge is 0.465 e. The number of nitrogens with zero attached hydrogens (tertiary/aromatic N) is 1. The van der Waals surface area contributed by atoms with Crippen molar-refractivity contribution in [3.63, 3.8) is 0 Å². The Morgan fingerprint density at radius 2 is 2.22 bits per heavy atom. The lowest BCUT2D eigenvalue weighted by molar-refractivity contribution is -0.122. The molecule has 0 spiro atoms. The van der Waals surface area contributed by atoms with Gasteiger partial charge in [-0.3, -0.25) is 9.69 Å². The molecule has 1 heterocycles. The molecule has 0 fully saturated rings. The van der Waals surface area contributed by atoms with E-state index in [4.69, 9.17) is 10.2 Å². The molecule has 0 saturated heterocycles. The topological polar surface area (TPSA) is 71.5 Å². The Morgan fingerprint density at radius 1 is 1.56 bits per heavy atom. The summed E-state index contributed by atoms with van der Waals surface area (Å²) in [5.74, 6) is 1.64. The summed E-state index contributed by atoms with van der Waals surface area (Å²) in [4.78, 5) is 13.5. The van der Waals surface area contributed by atoms with Crippen molar-refractivity contribution in [3.8, 4) is 0 Å². The highest BCUT2D eigenvalue weighted by molar-refractivity contribution is 5.77. The summed E-state index contributed by atoms with van der Waals surface area (Å²) >= 11 is 0. The molecule has 0 saturated carbocycles. The number of carbonyl (C=O) groups is 1. The van der Waals surface area contributed by atoms with Crippen LogP contribution in [0.1, 0.15) is 31.4 Å². The van der Waals surface area contributed by atoms with Gasteiger partial charge in [0.2, 0.25) is 5.91 Å². The van der Waals surface area contributed by atoms with E-state index in [9.17, 15) is 4.79 Å². The first-order valence-corrected chi connectivity index (χ1v) is 6.24. The van der Waals surface area contributed by atoms with Crippen molar-refractivity contribution in [3.05, 3.63) is 23.7 Å². The molecular formula is C13H23N3O2. The van der Waals surface area contributed by atoms with Crippen molar-refractivity contribution in [2.45, 2.75) is 32.9 Å². The number of hydrogen-bond acceptors (Lipinski definition) is 4. The number of nitrogens with one attached hydrogen (secondary N) is 1. The van der Waals surface area contributed by atoms with Gasteiger partial charge in [0.15, 0.2) is 0 Å². The lowest BCUT2D eigenvalue weighted by Gasteiger charge is -2.28. The maximum atomic E-state index is 11.6. The van der Waals surface area contributed by atoms with Crippen molar-refractivity contribution in [2.24, 2.45) is 5.73 Å². The molecule has 18 heavy (non-hydrogen) atoms. The molecule has 0 aliphatic heterocycles. The van der Waals surface area contributed by atoms with Gasteiger partial charge < -0.3 is 15.5 Å². The Bertz CT molecular complexity index is 387. The van der Waals surface area contributed by atoms with Gasteiger partial charge in [-0.15, -0.1) is 0 Å². The lowest BCUT2D eigenvalue weighted by atomic mass is 10.1. The Hall–Kier alpha value is -1.33. The van der Waals surface area contributed by atoms with E-state index >= 15 is 0 Å². The number of amides is 1. The highest BCUT2D eigenvalue weighted by Gasteiger charge is 2.25. The summed E-state index contributed by atoms with van der Waals surface area (Å²) in [7, 11) is 1.88. The second-order valence-corrected chi connectivity index (χ2v) is 4.62. The van der Waals surface area contributed by atoms with Crippen molar-refractivity contribution in [2.75, 3.05) is 20.1 Å². The number of aryl methyl sites for hydroxylation is 1. The maximum absolute atomic E-state index is 11.6. The molecule has 2 atom stereocenters. The molecule has 1 rings (SSSR count). The standard InChI is InChI=1S/C13H23N3O2/c1-5-15-12(17)8-16(4)13(10(3)14)11-7-6-9(2)18-11/h6-7,10,13H,5,8,14H2,1-4H3,(H,15,17). The zero-order valence-corrected chi connectivity index (χ0v) is 11.6. The smallest absolute Gasteiger partial charge is 0.234 e. The molecule has 1 aromatic rings. The van der Waals surface area contributed by atoms with E-state index in [1.165, 1.54) is 0 Å². The monoisotopic (exact) mass is 253 g/mol. The molecule has 102 valence electrons. The van der Waals surface area contributed by atoms with Gasteiger partial charge >= 0.3 is 0 Å². The summed E-state index contributed by atoms with van der Waals surface area (Å²) in [6, 6.07) is 3.61. The molecule has 0 aliphatic rings. The third-order valence-corrected chi connectivity index (χ3v) is 2.79. The quantitative estimate of drug-likeness (QED) is 0.794. The lowest BCUT2D eigenvalue weighted by Crippen LogP contribution is -2.42. The molecule has 5 nitrogen and oxygen atoms in total. The molecule has 3 N–H and O–H groups in total. The van der Waals surface area contributed by atoms with Crippen LogP contribution in [-0.2, 0) is 4.79 Å². The van der Waals surface area contributed by atoms with E-state index in [1.807, 2.05) is 44.9 Å². The zero-order chi connectivity index (χ0) is 13.7. The number of hydrogen-bond donors (Lipinski definition) is 2. The van der Waals surface area contributed by atoms with Crippen LogP contribution in [0.2, 0.25) is 0 Å². The number of rotatable bonds is 6. The van der Waals surface area contributed by atoms with E-state index < -0.39 is 0 Å². The van der Waals surface area contributed by atoms with Crippen LogP contribution < -0.4 is 11.1 Å². The molecule has 1 amide bonds. The van der Waals surface area contributed by atoms with Crippen LogP contribution in [0.15, 0.2) is 16.5 Å². The summed E-state index contributed by atoms with van der Waals surface area (Å²) in [5, 5.41) is 2.77. The van der Waals surface area contributed by atoms with Crippen LogP contribution in [0.4, 0.5) is 0 Å². The number of nitrogens with two attached hydrogens (primary N) is 1. The fourth-order valence-corrected chi connectivity index (χ4v) is 2.07. The maximum Gasteiger partial charge on any atom is 0.234 e. The van der Waals surface area contributed by atoms with Crippen LogP contribution in [0.5, 0.6) is 0 Å². The average molecular weight is 253 g/mol. The van der Waals surface area contributed by atoms with Crippen LogP contribution in [0.3, 0.4) is 0 Å². The normalized spacial score (nSPS) is 14.6. The average Bonchev–Trinajstić information content (AvgIpc) is 2.64. The zero-order valence-electron chi connectivity index (χ0n) is 11.6. The van der Waals surface area contributed by atoms with Gasteiger partial charge in [0.25, 0.3) is 0 Å². The minimum Gasteiger partial charge on any atom is -0.465 e. The number of carbonyl (C=O) groups excluding carboxylic acids is 1. The van der Waals surface area contributed by atoms with Gasteiger partial charge in [-0.1, -0.05) is 0 Å². The van der Waals surface area contributed by atoms with Crippen molar-refractivity contribution in [1.29, 1.82) is 0 Å². The third kappa shape index (κ3) is 3.85. The van der Waals surface area contributed by atoms with E-state index in [-0.39, 0.29) is 18.0 Å². The summed E-state index contributed by atoms with van der Waals surface area (Å²) in [5.41, 5.74) is 6.00. The van der Waals surface area contributed by atoms with Gasteiger partial charge in [0.05, 0.1) is 12.6 Å².